The average molecular weight is 896 g/mol. The summed E-state index contributed by atoms with van der Waals surface area (Å²) in [6.45, 7) is 14.0. The molecule has 0 spiro atoms. The maximum Gasteiger partial charge on any atom is 0.261 e. The summed E-state index contributed by atoms with van der Waals surface area (Å²) in [6, 6.07) is 27.8. The van der Waals surface area contributed by atoms with Gasteiger partial charge in [-0.2, -0.15) is 0 Å². The zero-order chi connectivity index (χ0) is 45.6. The molecule has 0 atom stereocenters. The van der Waals surface area contributed by atoms with Crippen molar-refractivity contribution in [2.24, 2.45) is 0 Å². The molecule has 66 heavy (non-hydrogen) atoms. The summed E-state index contributed by atoms with van der Waals surface area (Å²) < 4.78 is 39.6. The molecule has 2 bridgehead atoms. The Morgan fingerprint density at radius 3 is 1.71 bits per heavy atom. The lowest BCUT2D eigenvalue weighted by Gasteiger charge is -2.30. The van der Waals surface area contributed by atoms with Crippen LogP contribution in [-0.2, 0) is 14.2 Å². The Kier molecular flexibility index (Phi) is 13.6. The zero-order valence-corrected chi connectivity index (χ0v) is 38.2. The number of amides is 2. The molecule has 9 rings (SSSR count). The molecule has 1 saturated heterocycles. The Morgan fingerprint density at radius 1 is 0.591 bits per heavy atom. The zero-order valence-electron chi connectivity index (χ0n) is 38.2. The Bertz CT molecular complexity index is 2610. The predicted octanol–water partition coefficient (Wildman–Crippen LogP) is 6.98. The van der Waals surface area contributed by atoms with Gasteiger partial charge in [-0.3, -0.25) is 14.5 Å². The second-order valence-electron chi connectivity index (χ2n) is 16.6. The van der Waals surface area contributed by atoms with E-state index in [4.69, 9.17) is 28.4 Å². The van der Waals surface area contributed by atoms with E-state index in [0.29, 0.717) is 132 Å². The Balaban J connectivity index is 1.03. The van der Waals surface area contributed by atoms with Gasteiger partial charge in [-0.05, 0) is 86.5 Å². The van der Waals surface area contributed by atoms with Crippen molar-refractivity contribution < 1.29 is 38.0 Å². The van der Waals surface area contributed by atoms with Crippen LogP contribution in [0.15, 0.2) is 91.1 Å². The van der Waals surface area contributed by atoms with E-state index in [1.807, 2.05) is 42.6 Å². The number of carbonyl (C=O) groups is 2. The van der Waals surface area contributed by atoms with Gasteiger partial charge in [0.2, 0.25) is 0 Å². The van der Waals surface area contributed by atoms with Crippen molar-refractivity contribution in [3.05, 3.63) is 113 Å². The van der Waals surface area contributed by atoms with Gasteiger partial charge in [0.15, 0.2) is 0 Å². The minimum absolute atomic E-state index is 0.297. The molecule has 3 aliphatic heterocycles. The first kappa shape index (κ1) is 44.5. The van der Waals surface area contributed by atoms with Gasteiger partial charge in [-0.1, -0.05) is 35.5 Å². The third-order valence-electron chi connectivity index (χ3n) is 12.4. The van der Waals surface area contributed by atoms with Gasteiger partial charge in [0.25, 0.3) is 11.8 Å². The van der Waals surface area contributed by atoms with Crippen LogP contribution in [0.5, 0.6) is 17.2 Å². The lowest BCUT2D eigenvalue weighted by molar-refractivity contribution is 0.0530. The smallest absolute Gasteiger partial charge is 0.261 e. The van der Waals surface area contributed by atoms with Crippen molar-refractivity contribution in [3.63, 3.8) is 0 Å². The van der Waals surface area contributed by atoms with Crippen molar-refractivity contribution in [2.75, 3.05) is 120 Å². The normalized spacial score (nSPS) is 16.9. The number of imide groups is 1. The molecule has 15 nitrogen and oxygen atoms in total. The number of anilines is 3. The molecule has 2 amide bonds. The van der Waals surface area contributed by atoms with Crippen LogP contribution < -0.4 is 28.9 Å². The number of hydrogen-bond acceptors (Lipinski definition) is 13. The summed E-state index contributed by atoms with van der Waals surface area (Å²) in [5.41, 5.74) is 8.18. The number of fused-ring (bicyclic) bond motifs is 10. The lowest BCUT2D eigenvalue weighted by Crippen LogP contribution is -2.40. The quantitative estimate of drug-likeness (QED) is 0.130. The van der Waals surface area contributed by atoms with Crippen molar-refractivity contribution >= 4 is 39.6 Å². The fraction of sp³-hybridized carbons (Fsp3) is 0.373. The number of carbonyl (C=O) groups excluding carboxylic acids is 2. The molecule has 344 valence electrons. The highest BCUT2D eigenvalue weighted by molar-refractivity contribution is 6.26. The number of nitrogens with zero attached hydrogens (tertiary/aromatic N) is 7. The molecule has 0 radical (unpaired) electrons. The minimum atomic E-state index is -0.297. The summed E-state index contributed by atoms with van der Waals surface area (Å²) in [5, 5.41) is 10.5. The van der Waals surface area contributed by atoms with Crippen LogP contribution in [0.2, 0.25) is 0 Å². The summed E-state index contributed by atoms with van der Waals surface area (Å²) in [5.74, 6) is 1.65. The van der Waals surface area contributed by atoms with Crippen LogP contribution in [0.3, 0.4) is 0 Å². The first-order chi connectivity index (χ1) is 32.3. The maximum atomic E-state index is 13.3. The fourth-order valence-corrected chi connectivity index (χ4v) is 8.94. The number of aromatic nitrogens is 3. The summed E-state index contributed by atoms with van der Waals surface area (Å²) in [7, 11) is 1.67. The summed E-state index contributed by atoms with van der Waals surface area (Å²) >= 11 is 0. The monoisotopic (exact) mass is 895 g/mol. The Hall–Kier alpha value is -6.68. The fourth-order valence-electron chi connectivity index (χ4n) is 8.94. The number of aryl methyl sites for hydroxylation is 2. The standard InChI is InChI=1S/C51H57N7O8/c1-5-57-50(59)39-8-6-7-38-42(16-12-40(49(38)39)51(57)60)58-34-41(52-53-58)37-11-15-43(46(33-37)61-4)56-21-27-65-47-31-35(2)9-13-44(47)54-17-23-62-24-18-55(20-26-64-30-29-63-25-19-54)45-14-10-36(3)32-48(45)66-28-22-56/h6-16,31-34H,5,17-30H2,1-4H3. The molecule has 1 fully saturated rings. The Morgan fingerprint density at radius 2 is 1.12 bits per heavy atom. The first-order valence-corrected chi connectivity index (χ1v) is 22.8. The van der Waals surface area contributed by atoms with Crippen LogP contribution >= 0.6 is 0 Å². The van der Waals surface area contributed by atoms with Gasteiger partial charge in [0.05, 0.1) is 88.8 Å². The molecular weight excluding hydrogens is 839 g/mol. The van der Waals surface area contributed by atoms with Crippen molar-refractivity contribution in [1.82, 2.24) is 19.9 Å². The van der Waals surface area contributed by atoms with Crippen LogP contribution in [0.1, 0.15) is 38.8 Å². The van der Waals surface area contributed by atoms with Crippen molar-refractivity contribution in [3.8, 4) is 34.2 Å². The third kappa shape index (κ3) is 9.37. The molecule has 4 heterocycles. The van der Waals surface area contributed by atoms with E-state index in [1.165, 1.54) is 4.90 Å². The predicted molar refractivity (Wildman–Crippen MR) is 254 cm³/mol. The number of benzene rings is 5. The molecule has 0 N–H and O–H groups in total. The second-order valence-corrected chi connectivity index (χ2v) is 16.6. The van der Waals surface area contributed by atoms with Crippen molar-refractivity contribution in [1.29, 1.82) is 0 Å². The first-order valence-electron chi connectivity index (χ1n) is 22.8. The van der Waals surface area contributed by atoms with E-state index in [0.717, 1.165) is 50.6 Å². The van der Waals surface area contributed by atoms with Gasteiger partial charge >= 0.3 is 0 Å². The highest BCUT2D eigenvalue weighted by Crippen LogP contribution is 2.37. The van der Waals surface area contributed by atoms with Crippen LogP contribution in [0.25, 0.3) is 27.7 Å². The summed E-state index contributed by atoms with van der Waals surface area (Å²) in [6.07, 6.45) is 1.85. The molecule has 6 aromatic rings. The molecule has 0 aliphatic carbocycles. The number of methoxy groups -OCH3 is 1. The largest absolute Gasteiger partial charge is 0.495 e. The van der Waals surface area contributed by atoms with Gasteiger partial charge in [-0.25, -0.2) is 4.68 Å². The van der Waals surface area contributed by atoms with E-state index in [1.54, 1.807) is 30.8 Å². The summed E-state index contributed by atoms with van der Waals surface area (Å²) in [4.78, 5) is 34.7. The average Bonchev–Trinajstić information content (AvgIpc) is 3.82. The van der Waals surface area contributed by atoms with E-state index in [-0.39, 0.29) is 11.8 Å². The van der Waals surface area contributed by atoms with Gasteiger partial charge in [0, 0.05) is 60.2 Å². The van der Waals surface area contributed by atoms with E-state index in [2.05, 4.69) is 75.3 Å². The number of rotatable bonds is 5. The number of hydrogen-bond donors (Lipinski definition) is 0. The molecule has 0 unspecified atom stereocenters. The topological polar surface area (TPSA) is 133 Å². The van der Waals surface area contributed by atoms with Crippen molar-refractivity contribution in [2.45, 2.75) is 20.8 Å². The highest BCUT2D eigenvalue weighted by atomic mass is 16.5. The maximum absolute atomic E-state index is 13.3. The van der Waals surface area contributed by atoms with Gasteiger partial charge in [-0.15, -0.1) is 5.10 Å². The molecule has 5 aromatic carbocycles. The Labute approximate surface area is 385 Å². The number of ether oxygens (including phenoxy) is 6. The molecular formula is C51H57N7O8. The van der Waals surface area contributed by atoms with Crippen LogP contribution in [-0.4, -0.2) is 137 Å². The SMILES string of the molecule is CCN1C(=O)c2cccc3c(-n4cc(-c5ccc(N6CCOc7cc(C)ccc7N7CCOCCOCCN(CCOCC7)c7ccc(C)cc7OCC6)c(OC)c5)nn4)ccc(c23)C1=O. The molecule has 0 saturated carbocycles. The minimum Gasteiger partial charge on any atom is -0.495 e. The molecule has 15 heteroatoms. The van der Waals surface area contributed by atoms with E-state index in [9.17, 15) is 9.59 Å². The van der Waals surface area contributed by atoms with E-state index >= 15 is 0 Å². The highest BCUT2D eigenvalue weighted by Gasteiger charge is 2.32. The van der Waals surface area contributed by atoms with Crippen LogP contribution in [0, 0.1) is 13.8 Å². The van der Waals surface area contributed by atoms with Gasteiger partial charge < -0.3 is 43.1 Å². The molecule has 1 aromatic heterocycles. The molecule has 3 aliphatic rings. The van der Waals surface area contributed by atoms with Crippen LogP contribution in [0.4, 0.5) is 17.1 Å². The lowest BCUT2D eigenvalue weighted by atomic mass is 9.93. The van der Waals surface area contributed by atoms with Gasteiger partial charge in [0.1, 0.15) is 36.2 Å². The second kappa shape index (κ2) is 20.2. The van der Waals surface area contributed by atoms with E-state index < -0.39 is 0 Å². The third-order valence-corrected chi connectivity index (χ3v) is 12.4.